The van der Waals surface area contributed by atoms with Crippen molar-refractivity contribution < 1.29 is 9.59 Å². The van der Waals surface area contributed by atoms with Gasteiger partial charge in [-0.3, -0.25) is 19.6 Å². The van der Waals surface area contributed by atoms with E-state index in [1.165, 1.54) is 6.20 Å². The Bertz CT molecular complexity index is 1620. The second-order valence-corrected chi connectivity index (χ2v) is 10.1. The smallest absolute Gasteiger partial charge is 0.255 e. The highest BCUT2D eigenvalue weighted by molar-refractivity contribution is 6.04. The molecule has 9 nitrogen and oxygen atoms in total. The van der Waals surface area contributed by atoms with E-state index in [-0.39, 0.29) is 17.7 Å². The van der Waals surface area contributed by atoms with Crippen LogP contribution in [0, 0.1) is 24.2 Å². The average molecular weight is 518 g/mol. The number of benzene rings is 1. The number of aryl methyl sites for hydroxylation is 1. The van der Waals surface area contributed by atoms with E-state index in [1.54, 1.807) is 50.6 Å². The molecule has 1 aliphatic carbocycles. The Kier molecular flexibility index (Phi) is 6.86. The van der Waals surface area contributed by atoms with Crippen LogP contribution in [0.15, 0.2) is 67.3 Å². The standard InChI is InChI=1S/C30H27N7O2/c1-18-4-7-22(35-29(39)21-9-10-33-26(12-21)30(2,3)17-31)14-23(18)25-16-32-15-24(36-25)20-8-11-34-27(13-20)37-28(38)19-5-6-19/h4,7-16,19H,5-6H2,1-3H3,(H,35,39)(H,34,37,38). The second-order valence-electron chi connectivity index (χ2n) is 10.1. The highest BCUT2D eigenvalue weighted by atomic mass is 16.2. The summed E-state index contributed by atoms with van der Waals surface area (Å²) in [6.07, 6.45) is 8.34. The maximum atomic E-state index is 13.0. The van der Waals surface area contributed by atoms with Crippen molar-refractivity contribution in [2.45, 2.75) is 39.0 Å². The number of hydrogen-bond donors (Lipinski definition) is 2. The van der Waals surface area contributed by atoms with Crippen LogP contribution in [-0.4, -0.2) is 31.8 Å². The van der Waals surface area contributed by atoms with Gasteiger partial charge in [-0.15, -0.1) is 0 Å². The highest BCUT2D eigenvalue weighted by Gasteiger charge is 2.29. The van der Waals surface area contributed by atoms with Crippen molar-refractivity contribution in [2.75, 3.05) is 10.6 Å². The minimum atomic E-state index is -0.810. The number of rotatable bonds is 7. The Hall–Kier alpha value is -4.97. The van der Waals surface area contributed by atoms with Gasteiger partial charge in [0.15, 0.2) is 0 Å². The molecule has 2 N–H and O–H groups in total. The second kappa shape index (κ2) is 10.4. The first-order valence-corrected chi connectivity index (χ1v) is 12.6. The van der Waals surface area contributed by atoms with Crippen molar-refractivity contribution in [3.8, 4) is 28.6 Å². The zero-order valence-electron chi connectivity index (χ0n) is 21.9. The zero-order valence-corrected chi connectivity index (χ0v) is 21.9. The third kappa shape index (κ3) is 5.80. The van der Waals surface area contributed by atoms with Gasteiger partial charge >= 0.3 is 0 Å². The van der Waals surface area contributed by atoms with E-state index in [2.05, 4.69) is 31.7 Å². The van der Waals surface area contributed by atoms with Gasteiger partial charge in [-0.1, -0.05) is 6.07 Å². The Morgan fingerprint density at radius 1 is 0.974 bits per heavy atom. The fraction of sp³-hybridized carbons (Fsp3) is 0.233. The third-order valence-electron chi connectivity index (χ3n) is 6.60. The summed E-state index contributed by atoms with van der Waals surface area (Å²) in [5.41, 5.74) is 4.57. The molecule has 5 rings (SSSR count). The van der Waals surface area contributed by atoms with Crippen molar-refractivity contribution in [1.82, 2.24) is 19.9 Å². The van der Waals surface area contributed by atoms with E-state index in [4.69, 9.17) is 4.98 Å². The number of amides is 2. The molecule has 0 spiro atoms. The molecular formula is C30H27N7O2. The molecule has 39 heavy (non-hydrogen) atoms. The van der Waals surface area contributed by atoms with Crippen LogP contribution in [0.3, 0.4) is 0 Å². The number of nitrogens with one attached hydrogen (secondary N) is 2. The van der Waals surface area contributed by atoms with Crippen LogP contribution in [0.4, 0.5) is 11.5 Å². The number of carbonyl (C=O) groups excluding carboxylic acids is 2. The van der Waals surface area contributed by atoms with Gasteiger partial charge < -0.3 is 10.6 Å². The largest absolute Gasteiger partial charge is 0.322 e. The quantitative estimate of drug-likeness (QED) is 0.339. The molecule has 3 aromatic heterocycles. The van der Waals surface area contributed by atoms with E-state index in [0.29, 0.717) is 34.2 Å². The summed E-state index contributed by atoms with van der Waals surface area (Å²) in [4.78, 5) is 42.9. The molecule has 1 fully saturated rings. The lowest BCUT2D eigenvalue weighted by atomic mass is 9.90. The van der Waals surface area contributed by atoms with Gasteiger partial charge in [0, 0.05) is 40.7 Å². The summed E-state index contributed by atoms with van der Waals surface area (Å²) in [5.74, 6) is 0.250. The monoisotopic (exact) mass is 517 g/mol. The Morgan fingerprint density at radius 2 is 1.74 bits per heavy atom. The maximum absolute atomic E-state index is 13.0. The molecule has 4 aromatic rings. The summed E-state index contributed by atoms with van der Waals surface area (Å²) < 4.78 is 0. The van der Waals surface area contributed by atoms with Gasteiger partial charge in [0.25, 0.3) is 5.91 Å². The number of carbonyl (C=O) groups is 2. The van der Waals surface area contributed by atoms with E-state index < -0.39 is 5.41 Å². The van der Waals surface area contributed by atoms with Crippen molar-refractivity contribution in [3.63, 3.8) is 0 Å². The molecular weight excluding hydrogens is 490 g/mol. The molecule has 0 radical (unpaired) electrons. The molecule has 2 amide bonds. The topological polar surface area (TPSA) is 134 Å². The summed E-state index contributed by atoms with van der Waals surface area (Å²) in [6, 6.07) is 14.7. The SMILES string of the molecule is Cc1ccc(NC(=O)c2ccnc(C(C)(C)C#N)c2)cc1-c1cncc(-c2ccnc(NC(=O)C3CC3)c2)n1. The van der Waals surface area contributed by atoms with Crippen LogP contribution in [0.25, 0.3) is 22.5 Å². The zero-order chi connectivity index (χ0) is 27.6. The minimum absolute atomic E-state index is 0.00858. The number of nitriles is 1. The number of anilines is 2. The van der Waals surface area contributed by atoms with Gasteiger partial charge in [-0.25, -0.2) is 9.97 Å². The number of pyridine rings is 2. The molecule has 1 saturated carbocycles. The summed E-state index contributed by atoms with van der Waals surface area (Å²) in [7, 11) is 0. The lowest BCUT2D eigenvalue weighted by molar-refractivity contribution is -0.117. The van der Waals surface area contributed by atoms with Gasteiger partial charge in [0.05, 0.1) is 41.0 Å². The lowest BCUT2D eigenvalue weighted by Crippen LogP contribution is -2.18. The predicted octanol–water partition coefficient (Wildman–Crippen LogP) is 5.31. The Balaban J connectivity index is 1.38. The van der Waals surface area contributed by atoms with E-state index in [1.807, 2.05) is 31.2 Å². The third-order valence-corrected chi connectivity index (χ3v) is 6.60. The molecule has 1 aromatic carbocycles. The normalized spacial score (nSPS) is 12.9. The van der Waals surface area contributed by atoms with Gasteiger partial charge in [0.1, 0.15) is 5.82 Å². The molecule has 0 aliphatic heterocycles. The van der Waals surface area contributed by atoms with Gasteiger partial charge in [0.2, 0.25) is 5.91 Å². The Morgan fingerprint density at radius 3 is 2.51 bits per heavy atom. The van der Waals surface area contributed by atoms with Crippen molar-refractivity contribution in [1.29, 1.82) is 5.26 Å². The minimum Gasteiger partial charge on any atom is -0.322 e. The molecule has 1 aliphatic rings. The summed E-state index contributed by atoms with van der Waals surface area (Å²) in [6.45, 7) is 5.48. The maximum Gasteiger partial charge on any atom is 0.255 e. The molecule has 0 unspecified atom stereocenters. The summed E-state index contributed by atoms with van der Waals surface area (Å²) in [5, 5.41) is 15.2. The van der Waals surface area contributed by atoms with E-state index in [9.17, 15) is 14.9 Å². The van der Waals surface area contributed by atoms with Crippen LogP contribution >= 0.6 is 0 Å². The van der Waals surface area contributed by atoms with Crippen LogP contribution in [-0.2, 0) is 10.2 Å². The van der Waals surface area contributed by atoms with Crippen LogP contribution < -0.4 is 10.6 Å². The van der Waals surface area contributed by atoms with Crippen molar-refractivity contribution >= 4 is 23.3 Å². The first kappa shape index (κ1) is 25.7. The number of hydrogen-bond acceptors (Lipinski definition) is 7. The summed E-state index contributed by atoms with van der Waals surface area (Å²) >= 11 is 0. The first-order valence-electron chi connectivity index (χ1n) is 12.6. The highest BCUT2D eigenvalue weighted by Crippen LogP contribution is 2.31. The average Bonchev–Trinajstić information content (AvgIpc) is 3.80. The van der Waals surface area contributed by atoms with E-state index in [0.717, 1.165) is 29.5 Å². The van der Waals surface area contributed by atoms with E-state index >= 15 is 0 Å². The van der Waals surface area contributed by atoms with Crippen molar-refractivity contribution in [3.05, 3.63) is 84.1 Å². The fourth-order valence-electron chi connectivity index (χ4n) is 4.02. The lowest BCUT2D eigenvalue weighted by Gasteiger charge is -2.15. The Labute approximate surface area is 226 Å². The first-order chi connectivity index (χ1) is 18.7. The van der Waals surface area contributed by atoms with Gasteiger partial charge in [-0.2, -0.15) is 5.26 Å². The van der Waals surface area contributed by atoms with Crippen molar-refractivity contribution in [2.24, 2.45) is 5.92 Å². The van der Waals surface area contributed by atoms with Crippen LogP contribution in [0.2, 0.25) is 0 Å². The fourth-order valence-corrected chi connectivity index (χ4v) is 4.02. The molecule has 194 valence electrons. The molecule has 9 heteroatoms. The predicted molar refractivity (Wildman–Crippen MR) is 148 cm³/mol. The number of nitrogens with zero attached hydrogens (tertiary/aromatic N) is 5. The van der Waals surface area contributed by atoms with Gasteiger partial charge in [-0.05, 0) is 75.6 Å². The molecule has 3 heterocycles. The van der Waals surface area contributed by atoms with Crippen LogP contribution in [0.5, 0.6) is 0 Å². The molecule has 0 saturated heterocycles. The number of aromatic nitrogens is 4. The molecule has 0 bridgehead atoms. The van der Waals surface area contributed by atoms with Crippen LogP contribution in [0.1, 0.15) is 48.3 Å². The molecule has 0 atom stereocenters.